The molecule has 1 heterocycles. The Bertz CT molecular complexity index is 708. The number of aromatic nitrogens is 2. The summed E-state index contributed by atoms with van der Waals surface area (Å²) in [5.74, 6) is 0.0372. The molecule has 0 atom stereocenters. The summed E-state index contributed by atoms with van der Waals surface area (Å²) < 4.78 is 30.5. The first-order chi connectivity index (χ1) is 9.95. The van der Waals surface area contributed by atoms with Crippen LogP contribution < -0.4 is 0 Å². The van der Waals surface area contributed by atoms with E-state index in [1.54, 1.807) is 12.4 Å². The number of nitrogens with one attached hydrogen (secondary N) is 1. The smallest absolute Gasteiger partial charge is 0.337 e. The molecule has 0 spiro atoms. The highest BCUT2D eigenvalue weighted by Crippen LogP contribution is 2.17. The lowest BCUT2D eigenvalue weighted by atomic mass is 10.2. The van der Waals surface area contributed by atoms with Gasteiger partial charge in [0.15, 0.2) is 0 Å². The fourth-order valence-electron chi connectivity index (χ4n) is 1.74. The molecule has 112 valence electrons. The van der Waals surface area contributed by atoms with Gasteiger partial charge in [-0.3, -0.25) is 0 Å². The molecule has 8 heteroatoms. The highest BCUT2D eigenvalue weighted by molar-refractivity contribution is 7.89. The third-order valence-corrected chi connectivity index (χ3v) is 4.73. The molecule has 0 saturated heterocycles. The highest BCUT2D eigenvalue weighted by Gasteiger charge is 2.22. The predicted octanol–water partition coefficient (Wildman–Crippen LogP) is 1.02. The highest BCUT2D eigenvalue weighted by atomic mass is 32.2. The lowest BCUT2D eigenvalue weighted by Crippen LogP contribution is -2.27. The fraction of sp³-hybridized carbons (Fsp3) is 0.231. The Kier molecular flexibility index (Phi) is 4.39. The third-order valence-electron chi connectivity index (χ3n) is 2.91. The van der Waals surface area contributed by atoms with E-state index in [9.17, 15) is 13.2 Å². The molecule has 0 aliphatic heterocycles. The van der Waals surface area contributed by atoms with Crippen LogP contribution in [0.3, 0.4) is 0 Å². The van der Waals surface area contributed by atoms with Crippen LogP contribution in [0.1, 0.15) is 16.2 Å². The maximum absolute atomic E-state index is 12.4. The largest absolute Gasteiger partial charge is 0.465 e. The first-order valence-electron chi connectivity index (χ1n) is 6.08. The molecule has 0 unspecified atom stereocenters. The van der Waals surface area contributed by atoms with Gasteiger partial charge in [-0.25, -0.2) is 18.2 Å². The standard InChI is InChI=1S/C13H15N3O4S/c1-16(9-12-14-7-8-15-12)21(18,19)11-5-3-10(4-6-11)13(17)20-2/h3-8H,9H2,1-2H3,(H,14,15). The van der Waals surface area contributed by atoms with E-state index >= 15 is 0 Å². The Labute approximate surface area is 122 Å². The zero-order valence-electron chi connectivity index (χ0n) is 11.6. The van der Waals surface area contributed by atoms with Crippen LogP contribution in [0.15, 0.2) is 41.6 Å². The molecule has 7 nitrogen and oxygen atoms in total. The zero-order valence-corrected chi connectivity index (χ0v) is 12.4. The molecule has 2 rings (SSSR count). The van der Waals surface area contributed by atoms with Gasteiger partial charge in [0, 0.05) is 19.4 Å². The molecule has 0 fully saturated rings. The van der Waals surface area contributed by atoms with Gasteiger partial charge in [0.25, 0.3) is 0 Å². The Morgan fingerprint density at radius 2 is 2.00 bits per heavy atom. The van der Waals surface area contributed by atoms with Gasteiger partial charge >= 0.3 is 5.97 Å². The number of hydrogen-bond acceptors (Lipinski definition) is 5. The van der Waals surface area contributed by atoms with Crippen molar-refractivity contribution in [2.45, 2.75) is 11.4 Å². The molecule has 0 aliphatic rings. The quantitative estimate of drug-likeness (QED) is 0.832. The second-order valence-corrected chi connectivity index (χ2v) is 6.36. The second kappa shape index (κ2) is 6.06. The molecule has 1 aromatic heterocycles. The average molecular weight is 309 g/mol. The maximum Gasteiger partial charge on any atom is 0.337 e. The van der Waals surface area contributed by atoms with Gasteiger partial charge in [0.2, 0.25) is 10.0 Å². The molecule has 2 aromatic rings. The van der Waals surface area contributed by atoms with Crippen LogP contribution in [0.4, 0.5) is 0 Å². The Hall–Kier alpha value is -2.19. The first-order valence-corrected chi connectivity index (χ1v) is 7.52. The molecule has 1 aromatic carbocycles. The normalized spacial score (nSPS) is 11.6. The molecular weight excluding hydrogens is 294 g/mol. The molecule has 1 N–H and O–H groups in total. The van der Waals surface area contributed by atoms with Crippen molar-refractivity contribution in [1.82, 2.24) is 14.3 Å². The Morgan fingerprint density at radius 3 is 2.52 bits per heavy atom. The summed E-state index contributed by atoms with van der Waals surface area (Å²) in [7, 11) is -0.911. The first kappa shape index (κ1) is 15.2. The van der Waals surface area contributed by atoms with Gasteiger partial charge in [-0.15, -0.1) is 0 Å². The number of hydrogen-bond donors (Lipinski definition) is 1. The average Bonchev–Trinajstić information content (AvgIpc) is 2.99. The van der Waals surface area contributed by atoms with Crippen molar-refractivity contribution in [2.24, 2.45) is 0 Å². The van der Waals surface area contributed by atoms with Crippen LogP contribution in [0, 0.1) is 0 Å². The van der Waals surface area contributed by atoms with E-state index in [-0.39, 0.29) is 11.4 Å². The second-order valence-electron chi connectivity index (χ2n) is 4.31. The number of carbonyl (C=O) groups excluding carboxylic acids is 1. The summed E-state index contributed by atoms with van der Waals surface area (Å²) >= 11 is 0. The van der Waals surface area contributed by atoms with Gasteiger partial charge in [-0.2, -0.15) is 4.31 Å². The van der Waals surface area contributed by atoms with Crippen molar-refractivity contribution < 1.29 is 17.9 Å². The van der Waals surface area contributed by atoms with Crippen LogP contribution in [-0.4, -0.2) is 42.8 Å². The van der Waals surface area contributed by atoms with E-state index in [1.165, 1.54) is 42.7 Å². The number of methoxy groups -OCH3 is 1. The van der Waals surface area contributed by atoms with Crippen molar-refractivity contribution in [3.63, 3.8) is 0 Å². The summed E-state index contributed by atoms with van der Waals surface area (Å²) in [6.45, 7) is 0.133. The van der Waals surface area contributed by atoms with Gasteiger partial charge in [0.05, 0.1) is 24.1 Å². The lowest BCUT2D eigenvalue weighted by molar-refractivity contribution is 0.0600. The number of nitrogens with zero attached hydrogens (tertiary/aromatic N) is 2. The number of carbonyl (C=O) groups is 1. The molecular formula is C13H15N3O4S. The molecule has 0 saturated carbocycles. The molecule has 0 aliphatic carbocycles. The maximum atomic E-state index is 12.4. The van der Waals surface area contributed by atoms with Crippen molar-refractivity contribution in [3.05, 3.63) is 48.0 Å². The van der Waals surface area contributed by atoms with Crippen LogP contribution in [0.5, 0.6) is 0 Å². The summed E-state index contributed by atoms with van der Waals surface area (Å²) in [6, 6.07) is 5.58. The van der Waals surface area contributed by atoms with Gasteiger partial charge in [-0.05, 0) is 24.3 Å². The predicted molar refractivity (Wildman–Crippen MR) is 75.0 cm³/mol. The number of esters is 1. The number of aromatic amines is 1. The number of rotatable bonds is 5. The Balaban J connectivity index is 2.20. The van der Waals surface area contributed by atoms with Crippen LogP contribution >= 0.6 is 0 Å². The van der Waals surface area contributed by atoms with E-state index in [0.717, 1.165) is 0 Å². The molecule has 0 amide bonds. The van der Waals surface area contributed by atoms with Crippen molar-refractivity contribution in [2.75, 3.05) is 14.2 Å². The number of benzene rings is 1. The van der Waals surface area contributed by atoms with Gasteiger partial charge in [-0.1, -0.05) is 0 Å². The SMILES string of the molecule is COC(=O)c1ccc(S(=O)(=O)N(C)Cc2ncc[nH]2)cc1. The van der Waals surface area contributed by atoms with Crippen LogP contribution in [-0.2, 0) is 21.3 Å². The summed E-state index contributed by atoms with van der Waals surface area (Å²) in [5, 5.41) is 0. The number of sulfonamides is 1. The molecule has 21 heavy (non-hydrogen) atoms. The minimum atomic E-state index is -3.64. The summed E-state index contributed by atoms with van der Waals surface area (Å²) in [4.78, 5) is 18.3. The van der Waals surface area contributed by atoms with E-state index < -0.39 is 16.0 Å². The topological polar surface area (TPSA) is 92.4 Å². The fourth-order valence-corrected chi connectivity index (χ4v) is 2.87. The Morgan fingerprint density at radius 1 is 1.33 bits per heavy atom. The monoisotopic (exact) mass is 309 g/mol. The van der Waals surface area contributed by atoms with Crippen molar-refractivity contribution >= 4 is 16.0 Å². The minimum Gasteiger partial charge on any atom is -0.465 e. The lowest BCUT2D eigenvalue weighted by Gasteiger charge is -2.16. The van der Waals surface area contributed by atoms with E-state index in [2.05, 4.69) is 14.7 Å². The van der Waals surface area contributed by atoms with Crippen molar-refractivity contribution in [1.29, 1.82) is 0 Å². The van der Waals surface area contributed by atoms with Crippen LogP contribution in [0.2, 0.25) is 0 Å². The minimum absolute atomic E-state index is 0.101. The van der Waals surface area contributed by atoms with Crippen molar-refractivity contribution in [3.8, 4) is 0 Å². The number of imidazole rings is 1. The third kappa shape index (κ3) is 3.29. The summed E-state index contributed by atoms with van der Waals surface area (Å²) in [6.07, 6.45) is 3.18. The van der Waals surface area contributed by atoms with Crippen LogP contribution in [0.25, 0.3) is 0 Å². The van der Waals surface area contributed by atoms with E-state index in [1.807, 2.05) is 0 Å². The number of H-pyrrole nitrogens is 1. The number of ether oxygens (including phenoxy) is 1. The molecule has 0 radical (unpaired) electrons. The molecule has 0 bridgehead atoms. The van der Waals surface area contributed by atoms with E-state index in [0.29, 0.717) is 11.4 Å². The van der Waals surface area contributed by atoms with E-state index in [4.69, 9.17) is 0 Å². The van der Waals surface area contributed by atoms with Gasteiger partial charge < -0.3 is 9.72 Å². The summed E-state index contributed by atoms with van der Waals surface area (Å²) in [5.41, 5.74) is 0.296. The van der Waals surface area contributed by atoms with Gasteiger partial charge in [0.1, 0.15) is 5.82 Å². The zero-order chi connectivity index (χ0) is 15.5.